The first-order valence-electron chi connectivity index (χ1n) is 9.35. The van der Waals surface area contributed by atoms with Crippen molar-refractivity contribution in [1.82, 2.24) is 4.90 Å². The van der Waals surface area contributed by atoms with Crippen LogP contribution in [0.15, 0.2) is 47.5 Å². The second-order valence-corrected chi connectivity index (χ2v) is 7.10. The average Bonchev–Trinajstić information content (AvgIpc) is 2.99. The van der Waals surface area contributed by atoms with E-state index in [4.69, 9.17) is 10.5 Å². The summed E-state index contributed by atoms with van der Waals surface area (Å²) in [6.45, 7) is -0.951. The van der Waals surface area contributed by atoms with E-state index in [-0.39, 0.29) is 18.8 Å². The molecule has 2 aromatic rings. The number of hydrogen-bond donors (Lipinski definition) is 1. The fourth-order valence-electron chi connectivity index (χ4n) is 3.46. The molecule has 3 rings (SSSR count). The van der Waals surface area contributed by atoms with Crippen LogP contribution in [0, 0.1) is 6.92 Å². The van der Waals surface area contributed by atoms with Crippen LogP contribution in [0.25, 0.3) is 0 Å². The maximum Gasteiger partial charge on any atom is 0.387 e. The number of likely N-dealkylation sites (N-methyl/N-ethyl adjacent to an activating group) is 1. The number of alkyl halides is 4. The molecule has 0 fully saturated rings. The molecule has 0 aliphatic carbocycles. The molecule has 9 heteroatoms. The highest BCUT2D eigenvalue weighted by atomic mass is 19.3. The maximum atomic E-state index is 12.6. The van der Waals surface area contributed by atoms with Crippen molar-refractivity contribution in [2.24, 2.45) is 10.7 Å². The summed E-state index contributed by atoms with van der Waals surface area (Å²) in [7, 11) is 1.80. The summed E-state index contributed by atoms with van der Waals surface area (Å²) >= 11 is 0. The molecular weight excluding hydrogens is 402 g/mol. The number of nitrogens with two attached hydrogens (primary N) is 1. The topological polar surface area (TPSA) is 60.1 Å². The number of rotatable bonds is 8. The highest BCUT2D eigenvalue weighted by molar-refractivity contribution is 5.81. The van der Waals surface area contributed by atoms with Gasteiger partial charge in [0.2, 0.25) is 6.43 Å². The Morgan fingerprint density at radius 1 is 1.13 bits per heavy atom. The lowest BCUT2D eigenvalue weighted by molar-refractivity contribution is -0.0503. The minimum atomic E-state index is -2.92. The van der Waals surface area contributed by atoms with Crippen LogP contribution in [0.2, 0.25) is 0 Å². The number of guanidine groups is 1. The third-order valence-corrected chi connectivity index (χ3v) is 4.95. The summed E-state index contributed by atoms with van der Waals surface area (Å²) in [6.07, 6.45) is -2.81. The van der Waals surface area contributed by atoms with Gasteiger partial charge in [0, 0.05) is 13.5 Å². The quantitative estimate of drug-likeness (QED) is 0.646. The zero-order valence-electron chi connectivity index (χ0n) is 16.6. The Bertz CT molecular complexity index is 923. The highest BCUT2D eigenvalue weighted by Gasteiger charge is 2.41. The van der Waals surface area contributed by atoms with Crippen molar-refractivity contribution in [3.8, 4) is 11.5 Å². The first-order valence-corrected chi connectivity index (χ1v) is 9.35. The van der Waals surface area contributed by atoms with Gasteiger partial charge in [0.25, 0.3) is 0 Å². The van der Waals surface area contributed by atoms with Gasteiger partial charge in [-0.25, -0.2) is 13.8 Å². The lowest BCUT2D eigenvalue weighted by atomic mass is 9.83. The molecule has 0 saturated heterocycles. The monoisotopic (exact) mass is 425 g/mol. The molecule has 0 bridgehead atoms. The lowest BCUT2D eigenvalue weighted by Gasteiger charge is -2.29. The minimum absolute atomic E-state index is 0.0799. The molecule has 2 N–H and O–H groups in total. The summed E-state index contributed by atoms with van der Waals surface area (Å²) in [5.74, 6) is 0.839. The summed E-state index contributed by atoms with van der Waals surface area (Å²) in [5.41, 5.74) is 7.15. The molecule has 0 aromatic heterocycles. The van der Waals surface area contributed by atoms with E-state index in [0.29, 0.717) is 23.8 Å². The molecule has 1 heterocycles. The van der Waals surface area contributed by atoms with Crippen LogP contribution in [0.1, 0.15) is 23.1 Å². The van der Waals surface area contributed by atoms with Gasteiger partial charge in [0.1, 0.15) is 17.0 Å². The molecule has 0 amide bonds. The van der Waals surface area contributed by atoms with Crippen molar-refractivity contribution in [2.75, 3.05) is 20.2 Å². The fourth-order valence-corrected chi connectivity index (χ4v) is 3.46. The molecule has 30 heavy (non-hydrogen) atoms. The third-order valence-electron chi connectivity index (χ3n) is 4.95. The molecule has 0 unspecified atom stereocenters. The van der Waals surface area contributed by atoms with Gasteiger partial charge in [-0.15, -0.1) is 0 Å². The Kier molecular flexibility index (Phi) is 6.38. The van der Waals surface area contributed by atoms with Crippen LogP contribution < -0.4 is 15.2 Å². The molecule has 0 spiro atoms. The fraction of sp³-hybridized carbons (Fsp3) is 0.381. The van der Waals surface area contributed by atoms with E-state index in [0.717, 1.165) is 11.1 Å². The van der Waals surface area contributed by atoms with Crippen molar-refractivity contribution < 1.29 is 27.0 Å². The predicted molar refractivity (Wildman–Crippen MR) is 105 cm³/mol. The molecule has 2 aromatic carbocycles. The Balaban J connectivity index is 1.99. The summed E-state index contributed by atoms with van der Waals surface area (Å²) < 4.78 is 60.0. The highest BCUT2D eigenvalue weighted by Crippen LogP contribution is 2.40. The van der Waals surface area contributed by atoms with Crippen molar-refractivity contribution >= 4 is 5.96 Å². The summed E-state index contributed by atoms with van der Waals surface area (Å²) in [4.78, 5) is 6.46. The van der Waals surface area contributed by atoms with Crippen LogP contribution >= 0.6 is 0 Å². The SMILES string of the molecule is Cc1cc([C@@]2(c3cccc(OCCC(F)F)c3)CN(C)C(N)=N2)ccc1OC(F)F. The van der Waals surface area contributed by atoms with Gasteiger partial charge in [-0.1, -0.05) is 18.2 Å². The molecule has 1 atom stereocenters. The number of hydrogen-bond acceptors (Lipinski definition) is 5. The summed E-state index contributed by atoms with van der Waals surface area (Å²) in [6, 6.07) is 11.9. The number of aryl methyl sites for hydroxylation is 1. The van der Waals surface area contributed by atoms with E-state index in [1.807, 2.05) is 6.07 Å². The van der Waals surface area contributed by atoms with Gasteiger partial charge >= 0.3 is 6.61 Å². The average molecular weight is 425 g/mol. The predicted octanol–water partition coefficient (Wildman–Crippen LogP) is 4.13. The number of ether oxygens (including phenoxy) is 2. The van der Waals surface area contributed by atoms with Gasteiger partial charge in [-0.05, 0) is 47.9 Å². The van der Waals surface area contributed by atoms with Gasteiger partial charge in [0.15, 0.2) is 5.96 Å². The lowest BCUT2D eigenvalue weighted by Crippen LogP contribution is -2.34. The van der Waals surface area contributed by atoms with E-state index in [9.17, 15) is 17.6 Å². The molecule has 1 aliphatic heterocycles. The van der Waals surface area contributed by atoms with E-state index in [1.165, 1.54) is 6.07 Å². The van der Waals surface area contributed by atoms with E-state index in [2.05, 4.69) is 9.73 Å². The van der Waals surface area contributed by atoms with Crippen LogP contribution in [-0.4, -0.2) is 44.1 Å². The zero-order chi connectivity index (χ0) is 21.9. The van der Waals surface area contributed by atoms with Crippen molar-refractivity contribution in [3.05, 3.63) is 59.2 Å². The third kappa shape index (κ3) is 4.60. The van der Waals surface area contributed by atoms with Crippen molar-refractivity contribution in [3.63, 3.8) is 0 Å². The minimum Gasteiger partial charge on any atom is -0.493 e. The van der Waals surface area contributed by atoms with Crippen molar-refractivity contribution in [1.29, 1.82) is 0 Å². The number of benzene rings is 2. The Morgan fingerprint density at radius 3 is 2.47 bits per heavy atom. The normalized spacial score (nSPS) is 18.8. The Hall–Kier alpha value is -2.97. The molecule has 0 saturated carbocycles. The molecular formula is C21H23F4N3O2. The molecule has 162 valence electrons. The number of halogens is 4. The maximum absolute atomic E-state index is 12.6. The van der Waals surface area contributed by atoms with E-state index < -0.39 is 18.6 Å². The van der Waals surface area contributed by atoms with Crippen LogP contribution in [0.4, 0.5) is 17.6 Å². The van der Waals surface area contributed by atoms with Crippen LogP contribution in [0.3, 0.4) is 0 Å². The van der Waals surface area contributed by atoms with Crippen LogP contribution in [0.5, 0.6) is 11.5 Å². The Morgan fingerprint density at radius 2 is 1.87 bits per heavy atom. The van der Waals surface area contributed by atoms with Crippen LogP contribution in [-0.2, 0) is 5.54 Å². The first-order chi connectivity index (χ1) is 14.2. The number of aliphatic imine (C=N–C) groups is 1. The van der Waals surface area contributed by atoms with Crippen molar-refractivity contribution in [2.45, 2.75) is 31.9 Å². The molecule has 1 aliphatic rings. The van der Waals surface area contributed by atoms with Gasteiger partial charge in [-0.3, -0.25) is 0 Å². The first kappa shape index (κ1) is 21.7. The Labute approximate surface area is 172 Å². The smallest absolute Gasteiger partial charge is 0.387 e. The van der Waals surface area contributed by atoms with E-state index >= 15 is 0 Å². The standard InChI is InChI=1S/C21H23F4N3O2/c1-13-10-15(6-7-17(13)30-19(24)25)21(12-28(2)20(26)27-21)14-4-3-5-16(11-14)29-9-8-18(22)23/h3-7,10-11,18-19H,8-9,12H2,1-2H3,(H2,26,27)/t21-/m0/s1. The molecule has 5 nitrogen and oxygen atoms in total. The van der Waals surface area contributed by atoms with Gasteiger partial charge in [0.05, 0.1) is 13.2 Å². The summed E-state index contributed by atoms with van der Waals surface area (Å²) in [5, 5.41) is 0. The largest absolute Gasteiger partial charge is 0.493 e. The van der Waals surface area contributed by atoms with E-state index in [1.54, 1.807) is 49.2 Å². The zero-order valence-corrected chi connectivity index (χ0v) is 16.6. The van der Waals surface area contributed by atoms with Gasteiger partial charge < -0.3 is 20.1 Å². The second kappa shape index (κ2) is 8.81. The van der Waals surface area contributed by atoms with Gasteiger partial charge in [-0.2, -0.15) is 8.78 Å². The number of nitrogens with zero attached hydrogens (tertiary/aromatic N) is 2. The molecule has 0 radical (unpaired) electrons. The second-order valence-electron chi connectivity index (χ2n) is 7.10.